The number of thioether (sulfide) groups is 1. The Morgan fingerprint density at radius 3 is 2.71 bits per heavy atom. The minimum absolute atomic E-state index is 0.0576. The number of hydrogen-bond acceptors (Lipinski definition) is 4. The van der Waals surface area contributed by atoms with Gasteiger partial charge in [-0.2, -0.15) is 0 Å². The van der Waals surface area contributed by atoms with Crippen molar-refractivity contribution in [3.63, 3.8) is 0 Å². The predicted molar refractivity (Wildman–Crippen MR) is 93.8 cm³/mol. The van der Waals surface area contributed by atoms with Gasteiger partial charge < -0.3 is 15.2 Å². The number of anilines is 1. The van der Waals surface area contributed by atoms with Crippen molar-refractivity contribution in [1.82, 2.24) is 9.55 Å². The van der Waals surface area contributed by atoms with Crippen LogP contribution in [0.1, 0.15) is 25.3 Å². The lowest BCUT2D eigenvalue weighted by Gasteiger charge is -2.22. The molecule has 7 heteroatoms. The summed E-state index contributed by atoms with van der Waals surface area (Å²) in [5.41, 5.74) is 6.01. The predicted octanol–water partition coefficient (Wildman–Crippen LogP) is 2.22. The molecule has 0 radical (unpaired) electrons. The zero-order chi connectivity index (χ0) is 16.9. The van der Waals surface area contributed by atoms with Gasteiger partial charge in [-0.05, 0) is 25.0 Å². The lowest BCUT2D eigenvalue weighted by molar-refractivity contribution is -0.118. The fourth-order valence-corrected chi connectivity index (χ4v) is 3.38. The number of aromatic nitrogens is 2. The normalized spacial score (nSPS) is 13.7. The molecule has 6 nitrogen and oxygen atoms in total. The molecule has 1 saturated carbocycles. The number of nitrogens with two attached hydrogens (primary N) is 1. The van der Waals surface area contributed by atoms with Crippen molar-refractivity contribution in [3.8, 4) is 0 Å². The Hall–Kier alpha value is -2.28. The Bertz CT molecular complexity index is 712. The first kappa shape index (κ1) is 16.6. The van der Waals surface area contributed by atoms with Crippen LogP contribution in [0.2, 0.25) is 0 Å². The van der Waals surface area contributed by atoms with Gasteiger partial charge in [0, 0.05) is 37.1 Å². The average molecular weight is 344 g/mol. The molecule has 0 spiro atoms. The Morgan fingerprint density at radius 2 is 2.04 bits per heavy atom. The van der Waals surface area contributed by atoms with Gasteiger partial charge >= 0.3 is 0 Å². The number of amides is 2. The SMILES string of the molecule is NC(=O)CCN(C(=O)CSc1nccn1C1CC1)c1ccccc1. The van der Waals surface area contributed by atoms with Crippen LogP contribution in [0.5, 0.6) is 0 Å². The van der Waals surface area contributed by atoms with E-state index in [0.717, 1.165) is 10.8 Å². The second-order valence-electron chi connectivity index (χ2n) is 5.73. The molecule has 1 aliphatic rings. The third kappa shape index (κ3) is 4.17. The quantitative estimate of drug-likeness (QED) is 0.745. The summed E-state index contributed by atoms with van der Waals surface area (Å²) in [6, 6.07) is 9.87. The molecular formula is C17H20N4O2S. The van der Waals surface area contributed by atoms with Crippen molar-refractivity contribution in [3.05, 3.63) is 42.7 Å². The fraction of sp³-hybridized carbons (Fsp3) is 0.353. The maximum Gasteiger partial charge on any atom is 0.237 e. The van der Waals surface area contributed by atoms with Crippen molar-refractivity contribution in [2.45, 2.75) is 30.5 Å². The van der Waals surface area contributed by atoms with Crippen LogP contribution in [0, 0.1) is 0 Å². The van der Waals surface area contributed by atoms with Gasteiger partial charge in [0.1, 0.15) is 0 Å². The van der Waals surface area contributed by atoms with E-state index in [-0.39, 0.29) is 24.6 Å². The Labute approximate surface area is 145 Å². The van der Waals surface area contributed by atoms with E-state index >= 15 is 0 Å². The highest BCUT2D eigenvalue weighted by atomic mass is 32.2. The number of rotatable bonds is 8. The zero-order valence-corrected chi connectivity index (χ0v) is 14.1. The van der Waals surface area contributed by atoms with E-state index in [4.69, 9.17) is 5.73 Å². The number of hydrogen-bond donors (Lipinski definition) is 1. The molecule has 1 aliphatic carbocycles. The van der Waals surface area contributed by atoms with Crippen LogP contribution in [0.3, 0.4) is 0 Å². The number of carbonyl (C=O) groups excluding carboxylic acids is 2. The van der Waals surface area contributed by atoms with Crippen molar-refractivity contribution >= 4 is 29.3 Å². The van der Waals surface area contributed by atoms with Gasteiger partial charge in [-0.1, -0.05) is 30.0 Å². The van der Waals surface area contributed by atoms with Gasteiger partial charge in [0.25, 0.3) is 0 Å². The summed E-state index contributed by atoms with van der Waals surface area (Å²) in [7, 11) is 0. The summed E-state index contributed by atoms with van der Waals surface area (Å²) >= 11 is 1.43. The van der Waals surface area contributed by atoms with Crippen molar-refractivity contribution in [2.24, 2.45) is 5.73 Å². The van der Waals surface area contributed by atoms with Crippen LogP contribution in [0.15, 0.2) is 47.9 Å². The summed E-state index contributed by atoms with van der Waals surface area (Å²) in [5, 5.41) is 0.869. The highest BCUT2D eigenvalue weighted by molar-refractivity contribution is 7.99. The number of benzene rings is 1. The summed E-state index contributed by atoms with van der Waals surface area (Å²) in [5.74, 6) is -0.198. The van der Waals surface area contributed by atoms with Crippen molar-refractivity contribution < 1.29 is 9.59 Å². The molecule has 2 amide bonds. The van der Waals surface area contributed by atoms with Crippen LogP contribution in [0.25, 0.3) is 0 Å². The van der Waals surface area contributed by atoms with Crippen LogP contribution >= 0.6 is 11.8 Å². The molecule has 0 atom stereocenters. The topological polar surface area (TPSA) is 81.2 Å². The molecule has 1 heterocycles. The molecular weight excluding hydrogens is 324 g/mol. The second kappa shape index (κ2) is 7.53. The number of nitrogens with zero attached hydrogens (tertiary/aromatic N) is 3. The van der Waals surface area contributed by atoms with Crippen LogP contribution < -0.4 is 10.6 Å². The van der Waals surface area contributed by atoms with Gasteiger partial charge in [0.15, 0.2) is 5.16 Å². The number of imidazole rings is 1. The highest BCUT2D eigenvalue weighted by Gasteiger charge is 2.26. The molecule has 1 fully saturated rings. The third-order valence-electron chi connectivity index (χ3n) is 3.85. The van der Waals surface area contributed by atoms with Gasteiger partial charge in [0.05, 0.1) is 5.75 Å². The van der Waals surface area contributed by atoms with Gasteiger partial charge in [-0.3, -0.25) is 9.59 Å². The monoisotopic (exact) mass is 344 g/mol. The molecule has 2 N–H and O–H groups in total. The van der Waals surface area contributed by atoms with Crippen LogP contribution in [0.4, 0.5) is 5.69 Å². The number of primary amides is 1. The molecule has 0 aliphatic heterocycles. The first-order chi connectivity index (χ1) is 11.6. The molecule has 0 saturated heterocycles. The summed E-state index contributed by atoms with van der Waals surface area (Å²) in [6.45, 7) is 0.288. The Morgan fingerprint density at radius 1 is 1.29 bits per heavy atom. The van der Waals surface area contributed by atoms with E-state index in [9.17, 15) is 9.59 Å². The molecule has 126 valence electrons. The summed E-state index contributed by atoms with van der Waals surface area (Å²) in [4.78, 5) is 29.7. The van der Waals surface area contributed by atoms with Gasteiger partial charge in [-0.15, -0.1) is 0 Å². The van der Waals surface area contributed by atoms with E-state index in [1.54, 1.807) is 11.1 Å². The minimum atomic E-state index is -0.416. The summed E-state index contributed by atoms with van der Waals surface area (Å²) in [6.07, 6.45) is 6.22. The highest BCUT2D eigenvalue weighted by Crippen LogP contribution is 2.37. The molecule has 2 aromatic rings. The minimum Gasteiger partial charge on any atom is -0.370 e. The summed E-state index contributed by atoms with van der Waals surface area (Å²) < 4.78 is 2.13. The Kier molecular flexibility index (Phi) is 5.20. The van der Waals surface area contributed by atoms with Gasteiger partial charge in [0.2, 0.25) is 11.8 Å². The smallest absolute Gasteiger partial charge is 0.237 e. The van der Waals surface area contributed by atoms with Crippen LogP contribution in [-0.4, -0.2) is 33.7 Å². The zero-order valence-electron chi connectivity index (χ0n) is 13.3. The first-order valence-corrected chi connectivity index (χ1v) is 8.93. The molecule has 0 bridgehead atoms. The van der Waals surface area contributed by atoms with Crippen molar-refractivity contribution in [1.29, 1.82) is 0 Å². The van der Waals surface area contributed by atoms with Gasteiger partial charge in [-0.25, -0.2) is 4.98 Å². The maximum absolute atomic E-state index is 12.7. The fourth-order valence-electron chi connectivity index (χ4n) is 2.47. The molecule has 1 aromatic carbocycles. The first-order valence-electron chi connectivity index (χ1n) is 7.94. The second-order valence-corrected chi connectivity index (χ2v) is 6.68. The lowest BCUT2D eigenvalue weighted by atomic mass is 10.2. The lowest BCUT2D eigenvalue weighted by Crippen LogP contribution is -2.35. The molecule has 1 aromatic heterocycles. The number of para-hydroxylation sites is 1. The number of carbonyl (C=O) groups is 2. The average Bonchev–Trinajstić information content (AvgIpc) is 3.32. The standard InChI is InChI=1S/C17H20N4O2S/c18-15(22)8-10-20(13-4-2-1-3-5-13)16(23)12-24-17-19-9-11-21(17)14-6-7-14/h1-5,9,11,14H,6-8,10,12H2,(H2,18,22). The van der Waals surface area contributed by atoms with E-state index in [1.807, 2.05) is 36.5 Å². The van der Waals surface area contributed by atoms with E-state index < -0.39 is 5.91 Å². The van der Waals surface area contributed by atoms with Crippen molar-refractivity contribution in [2.75, 3.05) is 17.2 Å². The molecule has 0 unspecified atom stereocenters. The maximum atomic E-state index is 12.7. The van der Waals surface area contributed by atoms with E-state index in [1.165, 1.54) is 24.6 Å². The Balaban J connectivity index is 1.66. The molecule has 3 rings (SSSR count). The van der Waals surface area contributed by atoms with E-state index in [2.05, 4.69) is 9.55 Å². The van der Waals surface area contributed by atoms with Crippen LogP contribution in [-0.2, 0) is 9.59 Å². The molecule has 24 heavy (non-hydrogen) atoms. The van der Waals surface area contributed by atoms with E-state index in [0.29, 0.717) is 6.04 Å². The third-order valence-corrected chi connectivity index (χ3v) is 4.81. The largest absolute Gasteiger partial charge is 0.370 e.